The minimum atomic E-state index is 0.0350. The molecule has 5 nitrogen and oxygen atoms in total. The summed E-state index contributed by atoms with van der Waals surface area (Å²) in [6, 6.07) is 0. The van der Waals surface area contributed by atoms with Gasteiger partial charge in [0.2, 0.25) is 0 Å². The van der Waals surface area contributed by atoms with Crippen molar-refractivity contribution in [1.29, 1.82) is 0 Å². The van der Waals surface area contributed by atoms with E-state index in [1.165, 1.54) is 0 Å². The topological polar surface area (TPSA) is 48.5 Å². The Morgan fingerprint density at radius 3 is 2.88 bits per heavy atom. The summed E-state index contributed by atoms with van der Waals surface area (Å²) in [6.07, 6.45) is 6.25. The summed E-state index contributed by atoms with van der Waals surface area (Å²) >= 11 is 6.16. The molecule has 0 aromatic carbocycles. The van der Waals surface area contributed by atoms with E-state index in [1.54, 1.807) is 6.33 Å². The smallest absolute Gasteiger partial charge is 0.148 e. The Kier molecular flexibility index (Phi) is 3.78. The highest BCUT2D eigenvalue weighted by molar-refractivity contribution is 6.20. The molecule has 0 amide bonds. The van der Waals surface area contributed by atoms with Gasteiger partial charge in [-0.1, -0.05) is 6.92 Å². The predicted molar refractivity (Wildman–Crippen MR) is 65.9 cm³/mol. The van der Waals surface area contributed by atoms with Crippen LogP contribution in [0.4, 0.5) is 0 Å². The van der Waals surface area contributed by atoms with Gasteiger partial charge < -0.3 is 0 Å². The van der Waals surface area contributed by atoms with Crippen molar-refractivity contribution < 1.29 is 0 Å². The molecule has 2 heterocycles. The first-order chi connectivity index (χ1) is 8.24. The van der Waals surface area contributed by atoms with Gasteiger partial charge in [0, 0.05) is 18.3 Å². The summed E-state index contributed by atoms with van der Waals surface area (Å²) in [6.45, 7) is 5.54. The van der Waals surface area contributed by atoms with Gasteiger partial charge >= 0.3 is 0 Å². The first kappa shape index (κ1) is 12.1. The Bertz CT molecular complexity index is 476. The summed E-state index contributed by atoms with van der Waals surface area (Å²) in [5.41, 5.74) is 1.05. The van der Waals surface area contributed by atoms with Crippen molar-refractivity contribution in [3.63, 3.8) is 0 Å². The second-order valence-electron chi connectivity index (χ2n) is 3.84. The predicted octanol–water partition coefficient (Wildman–Crippen LogP) is 2.23. The molecule has 0 aliphatic heterocycles. The average molecular weight is 254 g/mol. The third kappa shape index (κ3) is 2.66. The lowest BCUT2D eigenvalue weighted by Gasteiger charge is -2.03. The van der Waals surface area contributed by atoms with E-state index < -0.39 is 0 Å². The van der Waals surface area contributed by atoms with Crippen molar-refractivity contribution >= 4 is 11.6 Å². The molecule has 0 bridgehead atoms. The van der Waals surface area contributed by atoms with E-state index in [0.29, 0.717) is 6.54 Å². The number of aryl methyl sites for hydroxylation is 1. The second kappa shape index (κ2) is 5.31. The van der Waals surface area contributed by atoms with E-state index in [0.717, 1.165) is 24.4 Å². The molecule has 1 unspecified atom stereocenters. The molecule has 17 heavy (non-hydrogen) atoms. The third-order valence-corrected chi connectivity index (χ3v) is 3.23. The Labute approximate surface area is 105 Å². The summed E-state index contributed by atoms with van der Waals surface area (Å²) < 4.78 is 3.70. The zero-order valence-corrected chi connectivity index (χ0v) is 10.8. The summed E-state index contributed by atoms with van der Waals surface area (Å²) in [5.74, 6) is 0.907. The number of halogens is 1. The molecule has 2 aromatic rings. The number of alkyl halides is 1. The van der Waals surface area contributed by atoms with Crippen molar-refractivity contribution in [3.8, 4) is 0 Å². The lowest BCUT2D eigenvalue weighted by atomic mass is 10.2. The van der Waals surface area contributed by atoms with E-state index >= 15 is 0 Å². The molecule has 2 aromatic heterocycles. The second-order valence-corrected chi connectivity index (χ2v) is 4.37. The highest BCUT2D eigenvalue weighted by Gasteiger charge is 2.09. The van der Waals surface area contributed by atoms with Crippen LogP contribution in [0.2, 0.25) is 0 Å². The van der Waals surface area contributed by atoms with Gasteiger partial charge in [-0.3, -0.25) is 4.68 Å². The van der Waals surface area contributed by atoms with Crippen LogP contribution in [0.5, 0.6) is 0 Å². The Balaban J connectivity index is 2.11. The fraction of sp³-hybridized carbons (Fsp3) is 0.545. The lowest BCUT2D eigenvalue weighted by molar-refractivity contribution is 0.567. The Morgan fingerprint density at radius 1 is 1.35 bits per heavy atom. The Morgan fingerprint density at radius 2 is 2.18 bits per heavy atom. The van der Waals surface area contributed by atoms with Gasteiger partial charge in [0.15, 0.2) is 0 Å². The van der Waals surface area contributed by atoms with E-state index in [2.05, 4.69) is 22.1 Å². The van der Waals surface area contributed by atoms with E-state index in [1.807, 2.05) is 28.7 Å². The largest absolute Gasteiger partial charge is 0.265 e. The van der Waals surface area contributed by atoms with Crippen LogP contribution in [0.1, 0.15) is 37.0 Å². The SMILES string of the molecule is CCC(Cl)c1cnn(Cc2ncnn2CC)c1. The van der Waals surface area contributed by atoms with Crippen LogP contribution in [0.15, 0.2) is 18.7 Å². The van der Waals surface area contributed by atoms with E-state index in [4.69, 9.17) is 11.6 Å². The van der Waals surface area contributed by atoms with Gasteiger partial charge in [-0.05, 0) is 13.3 Å². The van der Waals surface area contributed by atoms with Gasteiger partial charge in [-0.15, -0.1) is 11.6 Å². The maximum atomic E-state index is 6.16. The van der Waals surface area contributed by atoms with Gasteiger partial charge in [-0.2, -0.15) is 10.2 Å². The fourth-order valence-corrected chi connectivity index (χ4v) is 1.80. The number of aromatic nitrogens is 5. The summed E-state index contributed by atoms with van der Waals surface area (Å²) in [4.78, 5) is 4.21. The molecule has 0 aliphatic rings. The number of hydrogen-bond acceptors (Lipinski definition) is 3. The van der Waals surface area contributed by atoms with Crippen molar-refractivity contribution in [2.75, 3.05) is 0 Å². The molecular weight excluding hydrogens is 238 g/mol. The molecule has 0 N–H and O–H groups in total. The van der Waals surface area contributed by atoms with E-state index in [9.17, 15) is 0 Å². The van der Waals surface area contributed by atoms with Crippen LogP contribution in [0.25, 0.3) is 0 Å². The average Bonchev–Trinajstić information content (AvgIpc) is 2.97. The molecule has 92 valence electrons. The zero-order valence-electron chi connectivity index (χ0n) is 10.0. The van der Waals surface area contributed by atoms with Crippen LogP contribution in [-0.4, -0.2) is 24.5 Å². The zero-order chi connectivity index (χ0) is 12.3. The molecule has 0 saturated carbocycles. The standard InChI is InChI=1S/C11H16ClN5/c1-3-10(12)9-5-14-16(6-9)7-11-13-8-15-17(11)4-2/h5-6,8,10H,3-4,7H2,1-2H3. The van der Waals surface area contributed by atoms with Gasteiger partial charge in [0.1, 0.15) is 18.7 Å². The Hall–Kier alpha value is -1.36. The lowest BCUT2D eigenvalue weighted by Crippen LogP contribution is -2.09. The summed E-state index contributed by atoms with van der Waals surface area (Å²) in [5, 5.41) is 8.45. The highest BCUT2D eigenvalue weighted by Crippen LogP contribution is 2.22. The molecule has 1 atom stereocenters. The highest BCUT2D eigenvalue weighted by atomic mass is 35.5. The minimum absolute atomic E-state index is 0.0350. The molecule has 0 saturated heterocycles. The van der Waals surface area contributed by atoms with Crippen molar-refractivity contribution in [2.24, 2.45) is 0 Å². The van der Waals surface area contributed by atoms with Crippen LogP contribution >= 0.6 is 11.6 Å². The normalized spacial score (nSPS) is 12.9. The first-order valence-electron chi connectivity index (χ1n) is 5.77. The van der Waals surface area contributed by atoms with Crippen molar-refractivity contribution in [3.05, 3.63) is 30.1 Å². The van der Waals surface area contributed by atoms with Crippen LogP contribution in [0.3, 0.4) is 0 Å². The molecular formula is C11H16ClN5. The van der Waals surface area contributed by atoms with Crippen molar-refractivity contribution in [1.82, 2.24) is 24.5 Å². The monoisotopic (exact) mass is 253 g/mol. The molecule has 6 heteroatoms. The van der Waals surface area contributed by atoms with Crippen LogP contribution in [0, 0.1) is 0 Å². The van der Waals surface area contributed by atoms with Gasteiger partial charge in [0.05, 0.1) is 11.6 Å². The molecule has 0 fully saturated rings. The third-order valence-electron chi connectivity index (χ3n) is 2.67. The number of hydrogen-bond donors (Lipinski definition) is 0. The molecule has 0 radical (unpaired) electrons. The summed E-state index contributed by atoms with van der Waals surface area (Å²) in [7, 11) is 0. The number of nitrogens with zero attached hydrogens (tertiary/aromatic N) is 5. The van der Waals surface area contributed by atoms with Crippen LogP contribution in [-0.2, 0) is 13.1 Å². The maximum Gasteiger partial charge on any atom is 0.148 e. The quantitative estimate of drug-likeness (QED) is 0.768. The van der Waals surface area contributed by atoms with Crippen molar-refractivity contribution in [2.45, 2.75) is 38.7 Å². The molecule has 0 aliphatic carbocycles. The molecule has 2 rings (SSSR count). The first-order valence-corrected chi connectivity index (χ1v) is 6.21. The van der Waals surface area contributed by atoms with Crippen LogP contribution < -0.4 is 0 Å². The van der Waals surface area contributed by atoms with Gasteiger partial charge in [-0.25, -0.2) is 9.67 Å². The number of rotatable bonds is 5. The van der Waals surface area contributed by atoms with Gasteiger partial charge in [0.25, 0.3) is 0 Å². The molecule has 0 spiro atoms. The van der Waals surface area contributed by atoms with E-state index in [-0.39, 0.29) is 5.38 Å². The fourth-order valence-electron chi connectivity index (χ4n) is 1.68. The maximum absolute atomic E-state index is 6.16. The minimum Gasteiger partial charge on any atom is -0.265 e.